The number of carbonyl (C=O) groups excluding carboxylic acids is 1. The molecule has 46 heavy (non-hydrogen) atoms. The van der Waals surface area contributed by atoms with Crippen molar-refractivity contribution in [3.63, 3.8) is 0 Å². The van der Waals surface area contributed by atoms with Crippen LogP contribution >= 0.6 is 27.3 Å². The van der Waals surface area contributed by atoms with Gasteiger partial charge in [0.2, 0.25) is 0 Å². The molecule has 0 aliphatic carbocycles. The van der Waals surface area contributed by atoms with E-state index >= 15 is 0 Å². The van der Waals surface area contributed by atoms with E-state index in [4.69, 9.17) is 0 Å². The summed E-state index contributed by atoms with van der Waals surface area (Å²) in [4.78, 5) is 29.8. The number of rotatable bonds is 9. The third kappa shape index (κ3) is 5.92. The number of para-hydroxylation sites is 2. The lowest BCUT2D eigenvalue weighted by Crippen LogP contribution is -2.49. The van der Waals surface area contributed by atoms with Crippen LogP contribution in [0.3, 0.4) is 0 Å². The number of piperazine rings is 1. The molecule has 3 heterocycles. The molecule has 0 radical (unpaired) electrons. The van der Waals surface area contributed by atoms with Gasteiger partial charge in [-0.15, -0.1) is 11.3 Å². The van der Waals surface area contributed by atoms with Crippen molar-refractivity contribution < 1.29 is 23.1 Å². The fourth-order valence-corrected chi connectivity index (χ4v) is 9.14. The zero-order valence-electron chi connectivity index (χ0n) is 25.4. The highest BCUT2D eigenvalue weighted by Gasteiger charge is 2.31. The standard InChI is InChI=1S/C34H33BrN4O5S2/c1-23-26-22-25(12-13-28(26)36(2)31(23)34(41)42)46(43,44)39(16-14-24-8-4-3-5-9-24)30-11-7-6-10-29(30)37-17-19-38(20-18-37)33(40)32-27(35)15-21-45-32/h3-13,15,21-22H,14,16-20H2,1-2H3,(H,41,42). The Balaban J connectivity index is 1.36. The summed E-state index contributed by atoms with van der Waals surface area (Å²) >= 11 is 4.88. The largest absolute Gasteiger partial charge is 0.477 e. The van der Waals surface area contributed by atoms with Crippen molar-refractivity contribution in [2.45, 2.75) is 18.2 Å². The van der Waals surface area contributed by atoms with Crippen LogP contribution in [-0.2, 0) is 23.5 Å². The molecule has 9 nitrogen and oxygen atoms in total. The number of amides is 1. The lowest BCUT2D eigenvalue weighted by atomic mass is 10.1. The van der Waals surface area contributed by atoms with Crippen LogP contribution < -0.4 is 9.21 Å². The number of fused-ring (bicyclic) bond motifs is 1. The molecular weight excluding hydrogens is 688 g/mol. The monoisotopic (exact) mass is 720 g/mol. The molecule has 0 saturated carbocycles. The molecule has 0 unspecified atom stereocenters. The van der Waals surface area contributed by atoms with E-state index in [1.165, 1.54) is 15.6 Å². The topological polar surface area (TPSA) is 103 Å². The summed E-state index contributed by atoms with van der Waals surface area (Å²) in [7, 11) is -2.43. The fraction of sp³-hybridized carbons (Fsp3) is 0.235. The van der Waals surface area contributed by atoms with Crippen molar-refractivity contribution in [2.24, 2.45) is 7.05 Å². The van der Waals surface area contributed by atoms with Gasteiger partial charge in [0.1, 0.15) is 10.6 Å². The molecule has 238 valence electrons. The number of aromatic carboxylic acids is 1. The van der Waals surface area contributed by atoms with Crippen molar-refractivity contribution in [1.29, 1.82) is 0 Å². The molecule has 1 aliphatic rings. The highest BCUT2D eigenvalue weighted by Crippen LogP contribution is 2.36. The van der Waals surface area contributed by atoms with Crippen LogP contribution in [0.4, 0.5) is 11.4 Å². The van der Waals surface area contributed by atoms with Gasteiger partial charge in [0.15, 0.2) is 0 Å². The normalized spacial score (nSPS) is 13.7. The van der Waals surface area contributed by atoms with Gasteiger partial charge in [-0.2, -0.15) is 0 Å². The molecule has 1 aliphatic heterocycles. The minimum atomic E-state index is -4.09. The third-order valence-electron chi connectivity index (χ3n) is 8.53. The minimum absolute atomic E-state index is 0.0143. The summed E-state index contributed by atoms with van der Waals surface area (Å²) in [5, 5.41) is 12.2. The quantitative estimate of drug-likeness (QED) is 0.189. The van der Waals surface area contributed by atoms with Gasteiger partial charge >= 0.3 is 5.97 Å². The van der Waals surface area contributed by atoms with Crippen LogP contribution in [0.2, 0.25) is 0 Å². The summed E-state index contributed by atoms with van der Waals surface area (Å²) in [6, 6.07) is 23.9. The van der Waals surface area contributed by atoms with Crippen LogP contribution in [-0.4, -0.2) is 67.6 Å². The maximum Gasteiger partial charge on any atom is 0.352 e. The average molecular weight is 722 g/mol. The number of aromatic nitrogens is 1. The van der Waals surface area contributed by atoms with Gasteiger partial charge in [0, 0.05) is 55.1 Å². The SMILES string of the molecule is Cc1c(C(=O)O)n(C)c2ccc(S(=O)(=O)N(CCc3ccccc3)c3ccccc3N3CCN(C(=O)c4sccc4Br)CC3)cc12. The number of carbonyl (C=O) groups is 2. The summed E-state index contributed by atoms with van der Waals surface area (Å²) in [5.74, 6) is -1.08. The Morgan fingerprint density at radius 1 is 0.957 bits per heavy atom. The Morgan fingerprint density at radius 2 is 1.65 bits per heavy atom. The fourth-order valence-electron chi connectivity index (χ4n) is 6.13. The van der Waals surface area contributed by atoms with E-state index < -0.39 is 16.0 Å². The number of hydrogen-bond donors (Lipinski definition) is 1. The number of thiophene rings is 1. The Morgan fingerprint density at radius 3 is 2.33 bits per heavy atom. The van der Waals surface area contributed by atoms with Crippen LogP contribution in [0, 0.1) is 6.92 Å². The zero-order valence-corrected chi connectivity index (χ0v) is 28.6. The number of halogens is 1. The summed E-state index contributed by atoms with van der Waals surface area (Å²) in [6.45, 7) is 4.00. The van der Waals surface area contributed by atoms with Gasteiger partial charge in [-0.1, -0.05) is 42.5 Å². The number of benzene rings is 3. The Labute approximate surface area is 280 Å². The van der Waals surface area contributed by atoms with Gasteiger partial charge in [-0.3, -0.25) is 9.10 Å². The van der Waals surface area contributed by atoms with Gasteiger partial charge < -0.3 is 19.5 Å². The number of carboxylic acid groups (broad SMARTS) is 1. The lowest BCUT2D eigenvalue weighted by Gasteiger charge is -2.38. The molecule has 3 aromatic carbocycles. The molecule has 0 spiro atoms. The average Bonchev–Trinajstić information content (AvgIpc) is 3.60. The second-order valence-corrected chi connectivity index (χ2v) is 14.8. The van der Waals surface area contributed by atoms with Crippen LogP contribution in [0.5, 0.6) is 0 Å². The van der Waals surface area contributed by atoms with E-state index in [0.29, 0.717) is 59.6 Å². The van der Waals surface area contributed by atoms with Crippen molar-refractivity contribution in [3.05, 3.63) is 110 Å². The predicted octanol–water partition coefficient (Wildman–Crippen LogP) is 6.41. The molecule has 1 saturated heterocycles. The second kappa shape index (κ2) is 12.9. The number of aryl methyl sites for hydroxylation is 2. The molecule has 1 amide bonds. The van der Waals surface area contributed by atoms with Gasteiger partial charge in [-0.05, 0) is 82.2 Å². The first-order valence-electron chi connectivity index (χ1n) is 14.8. The van der Waals surface area contributed by atoms with Crippen molar-refractivity contribution in [1.82, 2.24) is 9.47 Å². The summed E-state index contributed by atoms with van der Waals surface area (Å²) < 4.78 is 33.0. The van der Waals surface area contributed by atoms with Crippen LogP contribution in [0.1, 0.15) is 31.3 Å². The van der Waals surface area contributed by atoms with Crippen molar-refractivity contribution >= 4 is 71.4 Å². The smallest absolute Gasteiger partial charge is 0.352 e. The Hall–Kier alpha value is -4.13. The number of hydrogen-bond acceptors (Lipinski definition) is 6. The first kappa shape index (κ1) is 31.8. The number of nitrogens with zero attached hydrogens (tertiary/aromatic N) is 4. The maximum atomic E-state index is 14.6. The van der Waals surface area contributed by atoms with Crippen LogP contribution in [0.25, 0.3) is 10.9 Å². The number of sulfonamides is 1. The van der Waals surface area contributed by atoms with E-state index in [0.717, 1.165) is 15.7 Å². The van der Waals surface area contributed by atoms with Gasteiger partial charge in [0.25, 0.3) is 15.9 Å². The zero-order chi connectivity index (χ0) is 32.6. The summed E-state index contributed by atoms with van der Waals surface area (Å²) in [6.07, 6.45) is 0.488. The van der Waals surface area contributed by atoms with Gasteiger partial charge in [0.05, 0.1) is 16.3 Å². The Bertz CT molecular complexity index is 2030. The number of anilines is 2. The van der Waals surface area contributed by atoms with Crippen LogP contribution in [0.15, 0.2) is 93.6 Å². The maximum absolute atomic E-state index is 14.6. The third-order valence-corrected chi connectivity index (χ3v) is 12.2. The van der Waals surface area contributed by atoms with Crippen molar-refractivity contribution in [2.75, 3.05) is 41.9 Å². The van der Waals surface area contributed by atoms with E-state index in [9.17, 15) is 23.1 Å². The molecule has 1 N–H and O–H groups in total. The molecule has 6 rings (SSSR count). The molecule has 0 atom stereocenters. The van der Waals surface area contributed by atoms with Gasteiger partial charge in [-0.25, -0.2) is 13.2 Å². The highest BCUT2D eigenvalue weighted by molar-refractivity contribution is 9.10. The van der Waals surface area contributed by atoms with E-state index in [2.05, 4.69) is 20.8 Å². The molecule has 2 aromatic heterocycles. The lowest BCUT2D eigenvalue weighted by molar-refractivity contribution is 0.0685. The second-order valence-electron chi connectivity index (χ2n) is 11.2. The molecule has 12 heteroatoms. The first-order chi connectivity index (χ1) is 22.1. The first-order valence-corrected chi connectivity index (χ1v) is 17.9. The Kier molecular flexibility index (Phi) is 8.95. The molecular formula is C34H33BrN4O5S2. The number of carboxylic acids is 1. The van der Waals surface area contributed by atoms with E-state index in [1.54, 1.807) is 36.7 Å². The summed E-state index contributed by atoms with van der Waals surface area (Å²) in [5.41, 5.74) is 3.61. The van der Waals surface area contributed by atoms with E-state index in [1.807, 2.05) is 70.9 Å². The molecule has 0 bridgehead atoms. The van der Waals surface area contributed by atoms with Crippen molar-refractivity contribution in [3.8, 4) is 0 Å². The molecule has 5 aromatic rings. The predicted molar refractivity (Wildman–Crippen MR) is 186 cm³/mol. The van der Waals surface area contributed by atoms with E-state index in [-0.39, 0.29) is 23.0 Å². The minimum Gasteiger partial charge on any atom is -0.477 e. The molecule has 1 fully saturated rings. The highest BCUT2D eigenvalue weighted by atomic mass is 79.9.